The van der Waals surface area contributed by atoms with Crippen LogP contribution < -0.4 is 5.32 Å². The lowest BCUT2D eigenvalue weighted by molar-refractivity contribution is -0.119. The van der Waals surface area contributed by atoms with Gasteiger partial charge in [-0.15, -0.1) is 11.3 Å². The second kappa shape index (κ2) is 7.96. The minimum atomic E-state index is -0.566. The van der Waals surface area contributed by atoms with Crippen LogP contribution in [0.25, 0.3) is 11.1 Å². The molecule has 0 aliphatic heterocycles. The van der Waals surface area contributed by atoms with Crippen molar-refractivity contribution in [1.82, 2.24) is 0 Å². The Hall–Kier alpha value is -2.63. The topological polar surface area (TPSA) is 55.4 Å². The molecule has 25 heavy (non-hydrogen) atoms. The molecule has 0 saturated carbocycles. The highest BCUT2D eigenvalue weighted by Crippen LogP contribution is 2.27. The van der Waals surface area contributed by atoms with Crippen molar-refractivity contribution in [3.63, 3.8) is 0 Å². The third-order valence-corrected chi connectivity index (χ3v) is 4.61. The van der Waals surface area contributed by atoms with E-state index in [1.807, 2.05) is 48.5 Å². The fourth-order valence-electron chi connectivity index (χ4n) is 2.27. The van der Waals surface area contributed by atoms with Gasteiger partial charge < -0.3 is 10.1 Å². The van der Waals surface area contributed by atoms with Gasteiger partial charge >= 0.3 is 5.97 Å². The minimum absolute atomic E-state index is 0.363. The Labute approximate surface area is 154 Å². The van der Waals surface area contributed by atoms with Crippen LogP contribution in [0, 0.1) is 0 Å². The van der Waals surface area contributed by atoms with E-state index >= 15 is 0 Å². The van der Waals surface area contributed by atoms with Crippen LogP contribution in [-0.2, 0) is 9.53 Å². The molecule has 0 aliphatic rings. The molecule has 1 N–H and O–H groups in total. The van der Waals surface area contributed by atoms with Crippen LogP contribution in [0.15, 0.2) is 66.7 Å². The van der Waals surface area contributed by atoms with Crippen LogP contribution in [0.3, 0.4) is 0 Å². The molecule has 6 heteroatoms. The van der Waals surface area contributed by atoms with Gasteiger partial charge in [-0.2, -0.15) is 0 Å². The smallest absolute Gasteiger partial charge is 0.348 e. The second-order valence-corrected chi connectivity index (χ2v) is 6.85. The fraction of sp³-hybridized carbons (Fsp3) is 0.0526. The highest BCUT2D eigenvalue weighted by atomic mass is 35.5. The van der Waals surface area contributed by atoms with Gasteiger partial charge in [0.2, 0.25) is 0 Å². The van der Waals surface area contributed by atoms with Crippen LogP contribution in [0.4, 0.5) is 5.69 Å². The maximum atomic E-state index is 12.1. The number of para-hydroxylation sites is 1. The molecular weight excluding hydrogens is 358 g/mol. The summed E-state index contributed by atoms with van der Waals surface area (Å²) in [6.07, 6.45) is 0. The summed E-state index contributed by atoms with van der Waals surface area (Å²) in [5.74, 6) is -0.970. The van der Waals surface area contributed by atoms with Gasteiger partial charge in [0.15, 0.2) is 6.61 Å². The number of carbonyl (C=O) groups is 2. The summed E-state index contributed by atoms with van der Waals surface area (Å²) in [6.45, 7) is -0.364. The molecule has 1 amide bonds. The predicted molar refractivity (Wildman–Crippen MR) is 100 cm³/mol. The highest BCUT2D eigenvalue weighted by molar-refractivity contribution is 7.17. The third-order valence-electron chi connectivity index (χ3n) is 3.39. The summed E-state index contributed by atoms with van der Waals surface area (Å²) in [5.41, 5.74) is 2.55. The summed E-state index contributed by atoms with van der Waals surface area (Å²) in [5, 5.41) is 2.78. The minimum Gasteiger partial charge on any atom is -0.451 e. The monoisotopic (exact) mass is 371 g/mol. The lowest BCUT2D eigenvalue weighted by Crippen LogP contribution is -2.20. The number of rotatable bonds is 5. The van der Waals surface area contributed by atoms with Crippen molar-refractivity contribution in [3.05, 3.63) is 75.9 Å². The Bertz CT molecular complexity index is 892. The number of hydrogen-bond acceptors (Lipinski definition) is 4. The zero-order chi connectivity index (χ0) is 17.6. The molecule has 4 nitrogen and oxygen atoms in total. The van der Waals surface area contributed by atoms with Gasteiger partial charge in [-0.25, -0.2) is 4.79 Å². The number of ether oxygens (including phenoxy) is 1. The molecule has 3 aromatic rings. The fourth-order valence-corrected chi connectivity index (χ4v) is 3.21. The maximum absolute atomic E-state index is 12.1. The van der Waals surface area contributed by atoms with Crippen molar-refractivity contribution < 1.29 is 14.3 Å². The Morgan fingerprint density at radius 2 is 1.68 bits per heavy atom. The van der Waals surface area contributed by atoms with Gasteiger partial charge in [0.25, 0.3) is 5.91 Å². The molecule has 0 spiro atoms. The van der Waals surface area contributed by atoms with E-state index in [2.05, 4.69) is 5.32 Å². The quantitative estimate of drug-likeness (QED) is 0.651. The van der Waals surface area contributed by atoms with Gasteiger partial charge in [-0.05, 0) is 23.8 Å². The molecule has 1 heterocycles. The van der Waals surface area contributed by atoms with Gasteiger partial charge in [-0.3, -0.25) is 4.79 Å². The average Bonchev–Trinajstić information content (AvgIpc) is 3.07. The largest absolute Gasteiger partial charge is 0.451 e. The van der Waals surface area contributed by atoms with Crippen molar-refractivity contribution in [3.8, 4) is 11.1 Å². The third kappa shape index (κ3) is 4.47. The number of benzene rings is 2. The van der Waals surface area contributed by atoms with E-state index in [0.29, 0.717) is 14.9 Å². The summed E-state index contributed by atoms with van der Waals surface area (Å²) in [7, 11) is 0. The SMILES string of the molecule is O=C(COC(=O)c1ccc(Cl)s1)Nc1ccccc1-c1ccccc1. The van der Waals surface area contributed by atoms with Crippen LogP contribution in [-0.4, -0.2) is 18.5 Å². The summed E-state index contributed by atoms with van der Waals surface area (Å²) >= 11 is 6.89. The number of thiophene rings is 1. The molecule has 0 unspecified atom stereocenters. The van der Waals surface area contributed by atoms with E-state index in [9.17, 15) is 9.59 Å². The molecule has 0 radical (unpaired) electrons. The lowest BCUT2D eigenvalue weighted by atomic mass is 10.0. The normalized spacial score (nSPS) is 10.3. The number of carbonyl (C=O) groups excluding carboxylic acids is 2. The molecule has 0 aliphatic carbocycles. The van der Waals surface area contributed by atoms with E-state index in [4.69, 9.17) is 16.3 Å². The van der Waals surface area contributed by atoms with Crippen molar-refractivity contribution in [2.24, 2.45) is 0 Å². The van der Waals surface area contributed by atoms with Gasteiger partial charge in [0, 0.05) is 11.3 Å². The van der Waals surface area contributed by atoms with E-state index in [0.717, 1.165) is 22.5 Å². The zero-order valence-electron chi connectivity index (χ0n) is 13.1. The molecule has 0 fully saturated rings. The van der Waals surface area contributed by atoms with Crippen LogP contribution in [0.5, 0.6) is 0 Å². The number of halogens is 1. The standard InChI is InChI=1S/C19H14ClNO3S/c20-17-11-10-16(25-17)19(23)24-12-18(22)21-15-9-5-4-8-14(15)13-6-2-1-3-7-13/h1-11H,12H2,(H,21,22). The molecule has 3 rings (SSSR count). The van der Waals surface area contributed by atoms with Gasteiger partial charge in [0.05, 0.1) is 4.34 Å². The highest BCUT2D eigenvalue weighted by Gasteiger charge is 2.13. The van der Waals surface area contributed by atoms with Crippen LogP contribution in [0.1, 0.15) is 9.67 Å². The van der Waals surface area contributed by atoms with E-state index in [1.165, 1.54) is 0 Å². The molecule has 0 saturated heterocycles. The average molecular weight is 372 g/mol. The van der Waals surface area contributed by atoms with Crippen LogP contribution >= 0.6 is 22.9 Å². The Balaban J connectivity index is 1.65. The molecule has 126 valence electrons. The predicted octanol–water partition coefficient (Wildman–Crippen LogP) is 4.86. The zero-order valence-corrected chi connectivity index (χ0v) is 14.6. The maximum Gasteiger partial charge on any atom is 0.348 e. The van der Waals surface area contributed by atoms with Crippen molar-refractivity contribution in [1.29, 1.82) is 0 Å². The second-order valence-electron chi connectivity index (χ2n) is 5.14. The van der Waals surface area contributed by atoms with E-state index in [1.54, 1.807) is 18.2 Å². The molecular formula is C19H14ClNO3S. The number of anilines is 1. The number of hydrogen-bond donors (Lipinski definition) is 1. The van der Waals surface area contributed by atoms with Crippen LogP contribution in [0.2, 0.25) is 4.34 Å². The number of amides is 1. The van der Waals surface area contributed by atoms with Gasteiger partial charge in [-0.1, -0.05) is 60.1 Å². The number of nitrogens with one attached hydrogen (secondary N) is 1. The molecule has 1 aromatic heterocycles. The first-order valence-electron chi connectivity index (χ1n) is 7.50. The summed E-state index contributed by atoms with van der Waals surface area (Å²) in [6, 6.07) is 20.4. The molecule has 0 bridgehead atoms. The number of esters is 1. The van der Waals surface area contributed by atoms with Gasteiger partial charge in [0.1, 0.15) is 4.88 Å². The van der Waals surface area contributed by atoms with Crippen molar-refractivity contribution >= 4 is 40.5 Å². The first-order valence-corrected chi connectivity index (χ1v) is 8.70. The van der Waals surface area contributed by atoms with E-state index < -0.39 is 11.9 Å². The first kappa shape index (κ1) is 17.2. The molecule has 0 atom stereocenters. The summed E-state index contributed by atoms with van der Waals surface area (Å²) < 4.78 is 5.52. The lowest BCUT2D eigenvalue weighted by Gasteiger charge is -2.11. The summed E-state index contributed by atoms with van der Waals surface area (Å²) in [4.78, 5) is 24.3. The van der Waals surface area contributed by atoms with Crippen molar-refractivity contribution in [2.75, 3.05) is 11.9 Å². The Morgan fingerprint density at radius 3 is 2.40 bits per heavy atom. The first-order chi connectivity index (χ1) is 12.1. The van der Waals surface area contributed by atoms with Crippen molar-refractivity contribution in [2.45, 2.75) is 0 Å². The Morgan fingerprint density at radius 1 is 0.960 bits per heavy atom. The molecule has 2 aromatic carbocycles. The van der Waals surface area contributed by atoms with E-state index in [-0.39, 0.29) is 6.61 Å². The Kier molecular flexibility index (Phi) is 5.48.